The molecule has 5 heteroatoms. The van der Waals surface area contributed by atoms with Gasteiger partial charge in [-0.2, -0.15) is 0 Å². The molecule has 4 nitrogen and oxygen atoms in total. The van der Waals surface area contributed by atoms with E-state index in [-0.39, 0.29) is 0 Å². The molecule has 19 heavy (non-hydrogen) atoms. The second-order valence-electron chi connectivity index (χ2n) is 4.62. The van der Waals surface area contributed by atoms with Crippen LogP contribution in [-0.2, 0) is 0 Å². The van der Waals surface area contributed by atoms with Crippen LogP contribution in [-0.4, -0.2) is 41.1 Å². The number of anilines is 1. The van der Waals surface area contributed by atoms with Gasteiger partial charge < -0.3 is 16.0 Å². The molecule has 1 rings (SSSR count). The number of nitrogens with two attached hydrogens (primary N) is 1. The largest absolute Gasteiger partial charge is 0.389 e. The summed E-state index contributed by atoms with van der Waals surface area (Å²) in [6.45, 7) is 12.3. The van der Waals surface area contributed by atoms with Gasteiger partial charge in [0.2, 0.25) is 0 Å². The Labute approximate surface area is 121 Å². The topological polar surface area (TPSA) is 54.2 Å². The zero-order chi connectivity index (χ0) is 14.4. The first kappa shape index (κ1) is 15.9. The van der Waals surface area contributed by atoms with Crippen LogP contribution in [0, 0.1) is 13.8 Å². The molecule has 0 amide bonds. The normalized spacial score (nSPS) is 10.8. The van der Waals surface area contributed by atoms with Crippen LogP contribution in [0.1, 0.15) is 30.7 Å². The average Bonchev–Trinajstić information content (AvgIpc) is 2.33. The fraction of sp³-hybridized carbons (Fsp3) is 0.571. The SMILES string of the molecule is CCN(CC)CCNc1nc(C)cc(C)c1C(N)=S. The van der Waals surface area contributed by atoms with Crippen molar-refractivity contribution < 1.29 is 0 Å². The number of pyridine rings is 1. The van der Waals surface area contributed by atoms with E-state index in [0.29, 0.717) is 4.99 Å². The monoisotopic (exact) mass is 280 g/mol. The molecule has 0 atom stereocenters. The van der Waals surface area contributed by atoms with E-state index in [1.807, 2.05) is 19.9 Å². The molecule has 0 fully saturated rings. The smallest absolute Gasteiger partial charge is 0.136 e. The van der Waals surface area contributed by atoms with E-state index in [1.165, 1.54) is 0 Å². The van der Waals surface area contributed by atoms with Gasteiger partial charge in [-0.15, -0.1) is 0 Å². The number of nitrogens with zero attached hydrogens (tertiary/aromatic N) is 2. The molecular formula is C14H24N4S. The van der Waals surface area contributed by atoms with Gasteiger partial charge in [0.1, 0.15) is 10.8 Å². The lowest BCUT2D eigenvalue weighted by molar-refractivity contribution is 0.316. The molecule has 106 valence electrons. The van der Waals surface area contributed by atoms with Gasteiger partial charge >= 0.3 is 0 Å². The van der Waals surface area contributed by atoms with Gasteiger partial charge in [0.15, 0.2) is 0 Å². The molecule has 0 aliphatic rings. The molecule has 0 saturated carbocycles. The Morgan fingerprint density at radius 3 is 2.53 bits per heavy atom. The van der Waals surface area contributed by atoms with Gasteiger partial charge in [0, 0.05) is 18.8 Å². The Kier molecular flexibility index (Phi) is 6.18. The summed E-state index contributed by atoms with van der Waals surface area (Å²) >= 11 is 5.12. The fourth-order valence-electron chi connectivity index (χ4n) is 2.15. The number of aryl methyl sites for hydroxylation is 2. The van der Waals surface area contributed by atoms with Gasteiger partial charge in [0.25, 0.3) is 0 Å². The number of nitrogens with one attached hydrogen (secondary N) is 1. The number of rotatable bonds is 7. The first-order valence-corrected chi connectivity index (χ1v) is 7.14. The summed E-state index contributed by atoms with van der Waals surface area (Å²) in [5.74, 6) is 0.803. The zero-order valence-corrected chi connectivity index (χ0v) is 13.1. The number of thiocarbonyl (C=S) groups is 1. The maximum Gasteiger partial charge on any atom is 0.136 e. The van der Waals surface area contributed by atoms with Crippen molar-refractivity contribution in [2.24, 2.45) is 5.73 Å². The van der Waals surface area contributed by atoms with Crippen molar-refractivity contribution in [3.05, 3.63) is 22.9 Å². The molecular weight excluding hydrogens is 256 g/mol. The molecule has 1 aromatic rings. The summed E-state index contributed by atoms with van der Waals surface area (Å²) in [6, 6.07) is 2.00. The summed E-state index contributed by atoms with van der Waals surface area (Å²) in [6.07, 6.45) is 0. The number of hydrogen-bond acceptors (Lipinski definition) is 4. The Morgan fingerprint density at radius 1 is 1.37 bits per heavy atom. The van der Waals surface area contributed by atoms with Crippen molar-refractivity contribution >= 4 is 23.0 Å². The van der Waals surface area contributed by atoms with Gasteiger partial charge in [-0.3, -0.25) is 0 Å². The highest BCUT2D eigenvalue weighted by Crippen LogP contribution is 2.18. The summed E-state index contributed by atoms with van der Waals surface area (Å²) in [5, 5.41) is 3.36. The van der Waals surface area contributed by atoms with E-state index in [2.05, 4.69) is 29.0 Å². The van der Waals surface area contributed by atoms with Crippen LogP contribution >= 0.6 is 12.2 Å². The van der Waals surface area contributed by atoms with E-state index in [1.54, 1.807) is 0 Å². The van der Waals surface area contributed by atoms with Gasteiger partial charge in [0.05, 0.1) is 5.56 Å². The predicted molar refractivity (Wildman–Crippen MR) is 85.9 cm³/mol. The lowest BCUT2D eigenvalue weighted by Crippen LogP contribution is -2.29. The Bertz CT molecular complexity index is 441. The first-order chi connectivity index (χ1) is 8.99. The van der Waals surface area contributed by atoms with E-state index in [9.17, 15) is 0 Å². The zero-order valence-electron chi connectivity index (χ0n) is 12.3. The minimum absolute atomic E-state index is 0.398. The maximum atomic E-state index is 5.79. The van der Waals surface area contributed by atoms with Crippen molar-refractivity contribution in [2.45, 2.75) is 27.7 Å². The Morgan fingerprint density at radius 2 is 2.00 bits per heavy atom. The highest BCUT2D eigenvalue weighted by atomic mass is 32.1. The van der Waals surface area contributed by atoms with Crippen LogP contribution in [0.5, 0.6) is 0 Å². The number of hydrogen-bond donors (Lipinski definition) is 2. The van der Waals surface area contributed by atoms with Crippen LogP contribution in [0.4, 0.5) is 5.82 Å². The lowest BCUT2D eigenvalue weighted by atomic mass is 10.1. The van der Waals surface area contributed by atoms with Crippen molar-refractivity contribution in [3.63, 3.8) is 0 Å². The summed E-state index contributed by atoms with van der Waals surface area (Å²) in [7, 11) is 0. The molecule has 3 N–H and O–H groups in total. The van der Waals surface area contributed by atoms with Crippen molar-refractivity contribution in [1.29, 1.82) is 0 Å². The quantitative estimate of drug-likeness (QED) is 0.749. The van der Waals surface area contributed by atoms with E-state index >= 15 is 0 Å². The van der Waals surface area contributed by atoms with Gasteiger partial charge in [-0.05, 0) is 38.6 Å². The predicted octanol–water partition coefficient (Wildman–Crippen LogP) is 2.09. The van der Waals surface area contributed by atoms with Crippen molar-refractivity contribution in [3.8, 4) is 0 Å². The first-order valence-electron chi connectivity index (χ1n) is 6.73. The Balaban J connectivity index is 2.80. The highest BCUT2D eigenvalue weighted by molar-refractivity contribution is 7.80. The molecule has 0 unspecified atom stereocenters. The third kappa shape index (κ3) is 4.44. The molecule has 0 aromatic carbocycles. The molecule has 0 radical (unpaired) electrons. The molecule has 0 spiro atoms. The highest BCUT2D eigenvalue weighted by Gasteiger charge is 2.11. The molecule has 0 aliphatic carbocycles. The van der Waals surface area contributed by atoms with Crippen LogP contribution < -0.4 is 11.1 Å². The van der Waals surface area contributed by atoms with Crippen LogP contribution in [0.3, 0.4) is 0 Å². The summed E-state index contributed by atoms with van der Waals surface area (Å²) in [5.41, 5.74) is 8.70. The minimum atomic E-state index is 0.398. The lowest BCUT2D eigenvalue weighted by Gasteiger charge is -2.19. The fourth-order valence-corrected chi connectivity index (χ4v) is 2.41. The molecule has 0 aliphatic heterocycles. The third-order valence-corrected chi connectivity index (χ3v) is 3.41. The Hall–Kier alpha value is -1.20. The van der Waals surface area contributed by atoms with Gasteiger partial charge in [-0.25, -0.2) is 4.98 Å². The van der Waals surface area contributed by atoms with Crippen LogP contribution in [0.15, 0.2) is 6.07 Å². The van der Waals surface area contributed by atoms with E-state index in [0.717, 1.165) is 48.8 Å². The van der Waals surface area contributed by atoms with E-state index < -0.39 is 0 Å². The van der Waals surface area contributed by atoms with Gasteiger partial charge in [-0.1, -0.05) is 26.1 Å². The number of aromatic nitrogens is 1. The average molecular weight is 280 g/mol. The summed E-state index contributed by atoms with van der Waals surface area (Å²) in [4.78, 5) is 7.26. The molecule has 1 aromatic heterocycles. The second-order valence-corrected chi connectivity index (χ2v) is 5.06. The second kappa shape index (κ2) is 7.40. The minimum Gasteiger partial charge on any atom is -0.389 e. The standard InChI is InChI=1S/C14H24N4S/c1-5-18(6-2)8-7-16-14-12(13(15)19)10(3)9-11(4)17-14/h9H,5-8H2,1-4H3,(H2,15,19)(H,16,17). The van der Waals surface area contributed by atoms with Crippen molar-refractivity contribution in [1.82, 2.24) is 9.88 Å². The maximum absolute atomic E-state index is 5.79. The van der Waals surface area contributed by atoms with Crippen LogP contribution in [0.2, 0.25) is 0 Å². The molecule has 0 bridgehead atoms. The van der Waals surface area contributed by atoms with Crippen molar-refractivity contribution in [2.75, 3.05) is 31.5 Å². The number of likely N-dealkylation sites (N-methyl/N-ethyl adjacent to an activating group) is 1. The summed E-state index contributed by atoms with van der Waals surface area (Å²) < 4.78 is 0. The van der Waals surface area contributed by atoms with Crippen LogP contribution in [0.25, 0.3) is 0 Å². The third-order valence-electron chi connectivity index (χ3n) is 3.21. The molecule has 1 heterocycles. The molecule has 0 saturated heterocycles. The van der Waals surface area contributed by atoms with E-state index in [4.69, 9.17) is 18.0 Å².